The molecular formula is C15H24N2O4. The van der Waals surface area contributed by atoms with Crippen molar-refractivity contribution in [3.8, 4) is 0 Å². The number of nitrogens with zero attached hydrogens (tertiary/aromatic N) is 1. The van der Waals surface area contributed by atoms with Crippen molar-refractivity contribution in [1.82, 2.24) is 4.90 Å². The summed E-state index contributed by atoms with van der Waals surface area (Å²) < 4.78 is 5.70. The van der Waals surface area contributed by atoms with Crippen LogP contribution in [-0.4, -0.2) is 53.2 Å². The second-order valence-electron chi connectivity index (χ2n) is 7.30. The molecular weight excluding hydrogens is 272 g/mol. The van der Waals surface area contributed by atoms with Crippen molar-refractivity contribution in [3.05, 3.63) is 0 Å². The van der Waals surface area contributed by atoms with E-state index in [1.165, 1.54) is 4.90 Å². The van der Waals surface area contributed by atoms with Crippen LogP contribution >= 0.6 is 0 Å². The van der Waals surface area contributed by atoms with E-state index in [0.717, 1.165) is 19.3 Å². The number of aliphatic carboxylic acids is 1. The first-order valence-electron chi connectivity index (χ1n) is 7.70. The summed E-state index contributed by atoms with van der Waals surface area (Å²) in [6.07, 6.45) is 2.93. The van der Waals surface area contributed by atoms with Crippen molar-refractivity contribution in [2.24, 2.45) is 23.0 Å². The van der Waals surface area contributed by atoms with Crippen LogP contribution in [0.2, 0.25) is 0 Å². The van der Waals surface area contributed by atoms with Crippen LogP contribution in [0.4, 0.5) is 0 Å². The van der Waals surface area contributed by atoms with Crippen LogP contribution in [-0.2, 0) is 14.3 Å². The Bertz CT molecular complexity index is 474. The number of nitrogens with two attached hydrogens (primary N) is 1. The van der Waals surface area contributed by atoms with Crippen molar-refractivity contribution in [3.63, 3.8) is 0 Å². The van der Waals surface area contributed by atoms with Crippen LogP contribution in [0.15, 0.2) is 0 Å². The highest BCUT2D eigenvalue weighted by molar-refractivity contribution is 5.91. The minimum absolute atomic E-state index is 0.00972. The lowest BCUT2D eigenvalue weighted by Crippen LogP contribution is -2.80. The first kappa shape index (κ1) is 14.8. The van der Waals surface area contributed by atoms with Gasteiger partial charge in [0.15, 0.2) is 0 Å². The molecule has 0 radical (unpaired) electrons. The van der Waals surface area contributed by atoms with Gasteiger partial charge in [0.05, 0.1) is 6.10 Å². The molecule has 3 aliphatic rings. The molecule has 2 aliphatic carbocycles. The highest BCUT2D eigenvalue weighted by atomic mass is 16.5. The SMILES string of the molecule is CC1(C)C2OCCC2C1(N)C(=O)N(CC(=O)O)CC1CC1. The maximum Gasteiger partial charge on any atom is 0.323 e. The third kappa shape index (κ3) is 2.07. The van der Waals surface area contributed by atoms with E-state index in [4.69, 9.17) is 15.6 Å². The highest BCUT2D eigenvalue weighted by Gasteiger charge is 2.72. The third-order valence-corrected chi connectivity index (χ3v) is 5.60. The van der Waals surface area contributed by atoms with Crippen molar-refractivity contribution in [2.45, 2.75) is 44.8 Å². The number of hydrogen-bond donors (Lipinski definition) is 2. The van der Waals surface area contributed by atoms with Crippen LogP contribution in [0.5, 0.6) is 0 Å². The van der Waals surface area contributed by atoms with Crippen molar-refractivity contribution in [1.29, 1.82) is 0 Å². The summed E-state index contributed by atoms with van der Waals surface area (Å²) in [5, 5.41) is 9.08. The second kappa shape index (κ2) is 4.68. The number of carboxylic acid groups (broad SMARTS) is 1. The van der Waals surface area contributed by atoms with E-state index >= 15 is 0 Å². The maximum atomic E-state index is 13.0. The van der Waals surface area contributed by atoms with Gasteiger partial charge in [-0.15, -0.1) is 0 Å². The zero-order valence-electron chi connectivity index (χ0n) is 12.7. The Balaban J connectivity index is 1.82. The maximum absolute atomic E-state index is 13.0. The predicted octanol–water partition coefficient (Wildman–Crippen LogP) is 0.452. The summed E-state index contributed by atoms with van der Waals surface area (Å²) in [6, 6.07) is 0. The Morgan fingerprint density at radius 2 is 2.00 bits per heavy atom. The number of carbonyl (C=O) groups is 2. The highest BCUT2D eigenvalue weighted by Crippen LogP contribution is 2.58. The van der Waals surface area contributed by atoms with Gasteiger partial charge in [-0.1, -0.05) is 13.8 Å². The zero-order chi connectivity index (χ0) is 15.4. The minimum atomic E-state index is -1.00. The number of amides is 1. The Morgan fingerprint density at radius 1 is 1.33 bits per heavy atom. The van der Waals surface area contributed by atoms with Crippen molar-refractivity contribution in [2.75, 3.05) is 19.7 Å². The fraction of sp³-hybridized carbons (Fsp3) is 0.867. The number of hydrogen-bond acceptors (Lipinski definition) is 4. The van der Waals surface area contributed by atoms with E-state index in [-0.39, 0.29) is 24.5 Å². The van der Waals surface area contributed by atoms with Gasteiger partial charge in [-0.2, -0.15) is 0 Å². The number of rotatable bonds is 5. The zero-order valence-corrected chi connectivity index (χ0v) is 12.7. The van der Waals surface area contributed by atoms with Gasteiger partial charge in [0.25, 0.3) is 0 Å². The lowest BCUT2D eigenvalue weighted by molar-refractivity contribution is -0.185. The quantitative estimate of drug-likeness (QED) is 0.768. The molecule has 0 aromatic heterocycles. The smallest absolute Gasteiger partial charge is 0.323 e. The summed E-state index contributed by atoms with van der Waals surface area (Å²) in [4.78, 5) is 25.5. The van der Waals surface area contributed by atoms with Gasteiger partial charge in [0.2, 0.25) is 5.91 Å². The van der Waals surface area contributed by atoms with E-state index in [1.54, 1.807) is 0 Å². The Labute approximate surface area is 124 Å². The molecule has 118 valence electrons. The second-order valence-corrected chi connectivity index (χ2v) is 7.30. The first-order valence-corrected chi connectivity index (χ1v) is 7.70. The largest absolute Gasteiger partial charge is 0.480 e. The molecule has 1 amide bonds. The topological polar surface area (TPSA) is 92.9 Å². The molecule has 1 heterocycles. The van der Waals surface area contributed by atoms with E-state index in [2.05, 4.69) is 0 Å². The summed E-state index contributed by atoms with van der Waals surface area (Å²) in [5.74, 6) is -0.747. The van der Waals surface area contributed by atoms with Gasteiger partial charge in [-0.25, -0.2) is 0 Å². The number of carbonyl (C=O) groups excluding carboxylic acids is 1. The Kier molecular flexibility index (Phi) is 3.29. The number of carboxylic acids is 1. The number of ether oxygens (including phenoxy) is 1. The van der Waals surface area contributed by atoms with E-state index < -0.39 is 16.9 Å². The molecule has 3 fully saturated rings. The summed E-state index contributed by atoms with van der Waals surface area (Å²) in [6.45, 7) is 4.79. The van der Waals surface area contributed by atoms with Gasteiger partial charge >= 0.3 is 5.97 Å². The van der Waals surface area contributed by atoms with Crippen molar-refractivity contribution < 1.29 is 19.4 Å². The lowest BCUT2D eigenvalue weighted by atomic mass is 9.47. The van der Waals surface area contributed by atoms with E-state index in [0.29, 0.717) is 19.1 Å². The summed E-state index contributed by atoms with van der Waals surface area (Å²) in [5.41, 5.74) is 5.06. The normalized spacial score (nSPS) is 36.7. The lowest BCUT2D eigenvalue weighted by Gasteiger charge is -2.61. The Morgan fingerprint density at radius 3 is 2.57 bits per heavy atom. The summed E-state index contributed by atoms with van der Waals surface area (Å²) in [7, 11) is 0. The van der Waals surface area contributed by atoms with Gasteiger partial charge in [-0.3, -0.25) is 9.59 Å². The Hall–Kier alpha value is -1.14. The first-order chi connectivity index (χ1) is 9.78. The molecule has 0 aromatic rings. The van der Waals surface area contributed by atoms with Crippen LogP contribution in [0.25, 0.3) is 0 Å². The van der Waals surface area contributed by atoms with E-state index in [9.17, 15) is 9.59 Å². The summed E-state index contributed by atoms with van der Waals surface area (Å²) >= 11 is 0. The molecule has 0 aromatic carbocycles. The van der Waals surface area contributed by atoms with Gasteiger partial charge < -0.3 is 20.5 Å². The molecule has 3 unspecified atom stereocenters. The average Bonchev–Trinajstić information content (AvgIpc) is 3.08. The van der Waals surface area contributed by atoms with Crippen LogP contribution in [0.3, 0.4) is 0 Å². The molecule has 2 saturated carbocycles. The molecule has 6 heteroatoms. The molecule has 3 N–H and O–H groups in total. The molecule has 1 aliphatic heterocycles. The fourth-order valence-electron chi connectivity index (χ4n) is 4.07. The molecule has 3 atom stereocenters. The van der Waals surface area contributed by atoms with Crippen molar-refractivity contribution >= 4 is 11.9 Å². The third-order valence-electron chi connectivity index (χ3n) is 5.60. The van der Waals surface area contributed by atoms with Gasteiger partial charge in [-0.05, 0) is 25.2 Å². The monoisotopic (exact) mass is 296 g/mol. The van der Waals surface area contributed by atoms with Gasteiger partial charge in [0, 0.05) is 24.5 Å². The predicted molar refractivity (Wildman–Crippen MR) is 75.5 cm³/mol. The minimum Gasteiger partial charge on any atom is -0.480 e. The van der Waals surface area contributed by atoms with Gasteiger partial charge in [0.1, 0.15) is 12.1 Å². The van der Waals surface area contributed by atoms with Crippen LogP contribution in [0.1, 0.15) is 33.1 Å². The van der Waals surface area contributed by atoms with Crippen LogP contribution < -0.4 is 5.73 Å². The fourth-order valence-corrected chi connectivity index (χ4v) is 4.07. The average molecular weight is 296 g/mol. The van der Waals surface area contributed by atoms with E-state index in [1.807, 2.05) is 13.8 Å². The molecule has 1 saturated heterocycles. The molecule has 0 bridgehead atoms. The molecule has 6 nitrogen and oxygen atoms in total. The molecule has 21 heavy (non-hydrogen) atoms. The molecule has 0 spiro atoms. The van der Waals surface area contributed by atoms with Crippen LogP contribution in [0, 0.1) is 17.3 Å². The number of fused-ring (bicyclic) bond motifs is 1. The standard InChI is InChI=1S/C15H24N2O4/c1-14(2)12-10(5-6-21-12)15(14,16)13(20)17(8-11(18)19)7-9-3-4-9/h9-10,12H,3-8,16H2,1-2H3,(H,18,19). The molecule has 3 rings (SSSR count).